The number of amides is 1. The molecule has 0 unspecified atom stereocenters. The number of hydrogen-bond acceptors (Lipinski definition) is 4. The summed E-state index contributed by atoms with van der Waals surface area (Å²) in [6, 6.07) is 7.68. The molecular formula is C17H23N3O3. The Kier molecular flexibility index (Phi) is 5.15. The molecule has 1 fully saturated rings. The molecule has 0 atom stereocenters. The largest absolute Gasteiger partial charge is 0.492 e. The van der Waals surface area contributed by atoms with E-state index in [1.807, 2.05) is 31.2 Å². The number of fused-ring (bicyclic) bond motifs is 1. The normalized spacial score (nSPS) is 15.7. The van der Waals surface area contributed by atoms with Gasteiger partial charge in [0, 0.05) is 37.1 Å². The lowest BCUT2D eigenvalue weighted by Gasteiger charge is -2.26. The molecule has 0 bridgehead atoms. The molecule has 0 aliphatic carbocycles. The smallest absolute Gasteiger partial charge is 0.267 e. The Morgan fingerprint density at radius 2 is 2.22 bits per heavy atom. The van der Waals surface area contributed by atoms with E-state index in [-0.39, 0.29) is 5.91 Å². The Labute approximate surface area is 135 Å². The molecule has 1 aromatic carbocycles. The maximum atomic E-state index is 11.9. The van der Waals surface area contributed by atoms with Crippen molar-refractivity contribution in [1.82, 2.24) is 15.2 Å². The van der Waals surface area contributed by atoms with Gasteiger partial charge in [-0.1, -0.05) is 6.07 Å². The Balaban J connectivity index is 1.66. The van der Waals surface area contributed by atoms with Gasteiger partial charge in [0.15, 0.2) is 0 Å². The fourth-order valence-electron chi connectivity index (χ4n) is 2.74. The van der Waals surface area contributed by atoms with Crippen LogP contribution in [0, 0.1) is 0 Å². The summed E-state index contributed by atoms with van der Waals surface area (Å²) in [5.41, 5.74) is 1.47. The van der Waals surface area contributed by atoms with E-state index in [2.05, 4.69) is 15.2 Å². The summed E-state index contributed by atoms with van der Waals surface area (Å²) in [7, 11) is 0. The van der Waals surface area contributed by atoms with Crippen LogP contribution in [0.4, 0.5) is 0 Å². The highest BCUT2D eigenvalue weighted by Crippen LogP contribution is 2.26. The summed E-state index contributed by atoms with van der Waals surface area (Å²) in [5.74, 6) is 0.713. The Bertz CT molecular complexity index is 662. The minimum Gasteiger partial charge on any atom is -0.492 e. The highest BCUT2D eigenvalue weighted by Gasteiger charge is 2.13. The van der Waals surface area contributed by atoms with Crippen molar-refractivity contribution in [2.75, 3.05) is 46.0 Å². The number of nitrogens with zero attached hydrogens (tertiary/aromatic N) is 1. The van der Waals surface area contributed by atoms with Gasteiger partial charge in [0.1, 0.15) is 18.1 Å². The van der Waals surface area contributed by atoms with Gasteiger partial charge < -0.3 is 19.8 Å². The molecule has 2 aromatic rings. The number of morpholine rings is 1. The maximum absolute atomic E-state index is 11.9. The van der Waals surface area contributed by atoms with Crippen LogP contribution in [0.15, 0.2) is 24.3 Å². The second kappa shape index (κ2) is 7.48. The minimum absolute atomic E-state index is 0.0945. The Morgan fingerprint density at radius 3 is 3.00 bits per heavy atom. The standard InChI is InChI=1S/C17H23N3O3/c1-2-18-17(21)15-12-13-14(19-15)4-3-5-16(13)23-11-8-20-6-9-22-10-7-20/h3-5,12,19H,2,6-11H2,1H3,(H,18,21). The van der Waals surface area contributed by atoms with Crippen LogP contribution < -0.4 is 10.1 Å². The topological polar surface area (TPSA) is 66.6 Å². The van der Waals surface area contributed by atoms with Gasteiger partial charge in [-0.25, -0.2) is 0 Å². The van der Waals surface area contributed by atoms with Crippen molar-refractivity contribution in [3.63, 3.8) is 0 Å². The van der Waals surface area contributed by atoms with Crippen LogP contribution in [0.25, 0.3) is 10.9 Å². The molecular weight excluding hydrogens is 294 g/mol. The van der Waals surface area contributed by atoms with E-state index in [1.165, 1.54) is 0 Å². The van der Waals surface area contributed by atoms with Crippen molar-refractivity contribution < 1.29 is 14.3 Å². The average Bonchev–Trinajstić information content (AvgIpc) is 3.01. The van der Waals surface area contributed by atoms with Crippen molar-refractivity contribution >= 4 is 16.8 Å². The van der Waals surface area contributed by atoms with Crippen molar-refractivity contribution in [1.29, 1.82) is 0 Å². The monoisotopic (exact) mass is 317 g/mol. The van der Waals surface area contributed by atoms with Crippen molar-refractivity contribution in [2.45, 2.75) is 6.92 Å². The molecule has 6 nitrogen and oxygen atoms in total. The predicted molar refractivity (Wildman–Crippen MR) is 89.1 cm³/mol. The highest BCUT2D eigenvalue weighted by atomic mass is 16.5. The van der Waals surface area contributed by atoms with Crippen LogP contribution in [0.1, 0.15) is 17.4 Å². The summed E-state index contributed by atoms with van der Waals surface area (Å²) in [5, 5.41) is 3.74. The van der Waals surface area contributed by atoms with Crippen molar-refractivity contribution in [3.8, 4) is 5.75 Å². The lowest BCUT2D eigenvalue weighted by atomic mass is 10.2. The number of aromatic nitrogens is 1. The van der Waals surface area contributed by atoms with E-state index in [0.29, 0.717) is 18.8 Å². The number of rotatable bonds is 6. The van der Waals surface area contributed by atoms with Crippen molar-refractivity contribution in [3.05, 3.63) is 30.0 Å². The molecule has 2 heterocycles. The number of benzene rings is 1. The molecule has 3 rings (SSSR count). The number of H-pyrrole nitrogens is 1. The maximum Gasteiger partial charge on any atom is 0.267 e. The minimum atomic E-state index is -0.0945. The first-order chi connectivity index (χ1) is 11.3. The fraction of sp³-hybridized carbons (Fsp3) is 0.471. The van der Waals surface area contributed by atoms with E-state index in [9.17, 15) is 4.79 Å². The first-order valence-electron chi connectivity index (χ1n) is 8.10. The number of carbonyl (C=O) groups excluding carboxylic acids is 1. The van der Waals surface area contributed by atoms with E-state index in [4.69, 9.17) is 9.47 Å². The van der Waals surface area contributed by atoms with Crippen LogP contribution in [-0.4, -0.2) is 61.8 Å². The Hall–Kier alpha value is -2.05. The molecule has 1 amide bonds. The lowest BCUT2D eigenvalue weighted by Crippen LogP contribution is -2.38. The van der Waals surface area contributed by atoms with Gasteiger partial charge in [-0.05, 0) is 25.1 Å². The zero-order chi connectivity index (χ0) is 16.1. The molecule has 1 aliphatic heterocycles. The van der Waals surface area contributed by atoms with Crippen LogP contribution in [-0.2, 0) is 4.74 Å². The fourth-order valence-corrected chi connectivity index (χ4v) is 2.74. The molecule has 124 valence electrons. The summed E-state index contributed by atoms with van der Waals surface area (Å²) in [6.45, 7) is 7.52. The van der Waals surface area contributed by atoms with Gasteiger partial charge in [0.05, 0.1) is 13.2 Å². The third-order valence-electron chi connectivity index (χ3n) is 3.97. The van der Waals surface area contributed by atoms with Crippen LogP contribution in [0.2, 0.25) is 0 Å². The predicted octanol–water partition coefficient (Wildman–Crippen LogP) is 1.63. The van der Waals surface area contributed by atoms with E-state index in [0.717, 1.165) is 49.5 Å². The van der Waals surface area contributed by atoms with E-state index >= 15 is 0 Å². The molecule has 1 saturated heterocycles. The van der Waals surface area contributed by atoms with Crippen LogP contribution in [0.5, 0.6) is 5.75 Å². The summed E-state index contributed by atoms with van der Waals surface area (Å²) in [6.07, 6.45) is 0. The third-order valence-corrected chi connectivity index (χ3v) is 3.97. The van der Waals surface area contributed by atoms with Crippen molar-refractivity contribution in [2.24, 2.45) is 0 Å². The molecule has 0 spiro atoms. The quantitative estimate of drug-likeness (QED) is 0.850. The third kappa shape index (κ3) is 3.83. The number of hydrogen-bond donors (Lipinski definition) is 2. The first-order valence-corrected chi connectivity index (χ1v) is 8.10. The summed E-state index contributed by atoms with van der Waals surface area (Å²) < 4.78 is 11.3. The average molecular weight is 317 g/mol. The van der Waals surface area contributed by atoms with Gasteiger partial charge >= 0.3 is 0 Å². The van der Waals surface area contributed by atoms with Gasteiger partial charge in [-0.15, -0.1) is 0 Å². The molecule has 23 heavy (non-hydrogen) atoms. The lowest BCUT2D eigenvalue weighted by molar-refractivity contribution is 0.0323. The van der Waals surface area contributed by atoms with E-state index in [1.54, 1.807) is 0 Å². The van der Waals surface area contributed by atoms with Crippen LogP contribution in [0.3, 0.4) is 0 Å². The molecule has 6 heteroatoms. The molecule has 1 aliphatic rings. The van der Waals surface area contributed by atoms with Gasteiger partial charge in [-0.2, -0.15) is 0 Å². The zero-order valence-electron chi connectivity index (χ0n) is 13.4. The molecule has 2 N–H and O–H groups in total. The first kappa shape index (κ1) is 15.8. The van der Waals surface area contributed by atoms with Crippen LogP contribution >= 0.6 is 0 Å². The summed E-state index contributed by atoms with van der Waals surface area (Å²) >= 11 is 0. The number of nitrogens with one attached hydrogen (secondary N) is 2. The van der Waals surface area contributed by atoms with E-state index < -0.39 is 0 Å². The van der Waals surface area contributed by atoms with Gasteiger partial charge in [0.25, 0.3) is 5.91 Å². The zero-order valence-corrected chi connectivity index (χ0v) is 13.4. The number of aromatic amines is 1. The molecule has 0 saturated carbocycles. The summed E-state index contributed by atoms with van der Waals surface area (Å²) in [4.78, 5) is 17.4. The Morgan fingerprint density at radius 1 is 1.39 bits per heavy atom. The number of carbonyl (C=O) groups is 1. The van der Waals surface area contributed by atoms with Gasteiger partial charge in [0.2, 0.25) is 0 Å². The SMILES string of the molecule is CCNC(=O)c1cc2c(OCCN3CCOCC3)cccc2[nH]1. The second-order valence-electron chi connectivity index (χ2n) is 5.56. The number of ether oxygens (including phenoxy) is 2. The second-order valence-corrected chi connectivity index (χ2v) is 5.56. The molecule has 0 radical (unpaired) electrons. The highest BCUT2D eigenvalue weighted by molar-refractivity contribution is 5.99. The molecule has 1 aromatic heterocycles. The van der Waals surface area contributed by atoms with Gasteiger partial charge in [-0.3, -0.25) is 9.69 Å².